The minimum atomic E-state index is -0.264. The van der Waals surface area contributed by atoms with Gasteiger partial charge in [0.1, 0.15) is 25.8 Å². The van der Waals surface area contributed by atoms with Crippen molar-refractivity contribution < 1.29 is 23.5 Å². The molecule has 1 aromatic carbocycles. The van der Waals surface area contributed by atoms with Crippen molar-refractivity contribution >= 4 is 5.97 Å². The second kappa shape index (κ2) is 17.2. The molecule has 1 unspecified atom stereocenters. The van der Waals surface area contributed by atoms with Gasteiger partial charge in [0.2, 0.25) is 0 Å². The molecule has 31 heavy (non-hydrogen) atoms. The number of hydrogen-bond donors (Lipinski definition) is 0. The SMILES string of the molecule is CCCCCCOCC(C[N+](C)(C)CCOC(=O)c1ccccc1)OCCCCCC. The Balaban J connectivity index is 2.41. The van der Waals surface area contributed by atoms with Gasteiger partial charge in [-0.25, -0.2) is 4.79 Å². The molecular weight excluding hydrogens is 390 g/mol. The third-order valence-corrected chi connectivity index (χ3v) is 5.43. The lowest BCUT2D eigenvalue weighted by Gasteiger charge is -2.33. The van der Waals surface area contributed by atoms with Crippen LogP contribution in [0.5, 0.6) is 0 Å². The van der Waals surface area contributed by atoms with Gasteiger partial charge in [0.25, 0.3) is 0 Å². The number of ether oxygens (including phenoxy) is 3. The van der Waals surface area contributed by atoms with E-state index in [-0.39, 0.29) is 12.1 Å². The number of nitrogens with zero attached hydrogens (tertiary/aromatic N) is 1. The summed E-state index contributed by atoms with van der Waals surface area (Å²) < 4.78 is 18.4. The normalized spacial score (nSPS) is 12.6. The van der Waals surface area contributed by atoms with Crippen molar-refractivity contribution in [2.45, 2.75) is 71.3 Å². The van der Waals surface area contributed by atoms with E-state index in [1.165, 1.54) is 38.5 Å². The summed E-state index contributed by atoms with van der Waals surface area (Å²) in [7, 11) is 4.32. The average Bonchev–Trinajstić information content (AvgIpc) is 2.76. The molecule has 0 radical (unpaired) electrons. The molecule has 0 saturated heterocycles. The fraction of sp³-hybridized carbons (Fsp3) is 0.731. The van der Waals surface area contributed by atoms with Crippen LogP contribution in [0.4, 0.5) is 0 Å². The number of likely N-dealkylation sites (N-methyl/N-ethyl adjacent to an activating group) is 1. The van der Waals surface area contributed by atoms with Gasteiger partial charge in [0.15, 0.2) is 0 Å². The third kappa shape index (κ3) is 14.3. The molecule has 0 aromatic heterocycles. The van der Waals surface area contributed by atoms with Crippen LogP contribution in [0.2, 0.25) is 0 Å². The maximum absolute atomic E-state index is 12.2. The van der Waals surface area contributed by atoms with Crippen molar-refractivity contribution in [1.82, 2.24) is 0 Å². The second-order valence-electron chi connectivity index (χ2n) is 9.03. The highest BCUT2D eigenvalue weighted by Gasteiger charge is 2.23. The minimum absolute atomic E-state index is 0.0626. The van der Waals surface area contributed by atoms with Crippen molar-refractivity contribution in [3.05, 3.63) is 35.9 Å². The van der Waals surface area contributed by atoms with Crippen LogP contribution >= 0.6 is 0 Å². The Morgan fingerprint density at radius 2 is 1.52 bits per heavy atom. The van der Waals surface area contributed by atoms with Crippen LogP contribution in [0.15, 0.2) is 30.3 Å². The van der Waals surface area contributed by atoms with E-state index >= 15 is 0 Å². The molecule has 5 nitrogen and oxygen atoms in total. The number of benzene rings is 1. The zero-order chi connectivity index (χ0) is 22.8. The van der Waals surface area contributed by atoms with E-state index < -0.39 is 0 Å². The Hall–Kier alpha value is -1.43. The number of hydrogen-bond acceptors (Lipinski definition) is 4. The molecule has 1 rings (SSSR count). The van der Waals surface area contributed by atoms with Crippen LogP contribution in [0, 0.1) is 0 Å². The summed E-state index contributed by atoms with van der Waals surface area (Å²) in [6, 6.07) is 9.15. The molecule has 5 heteroatoms. The van der Waals surface area contributed by atoms with Gasteiger partial charge >= 0.3 is 5.97 Å². The highest BCUT2D eigenvalue weighted by Crippen LogP contribution is 2.09. The smallest absolute Gasteiger partial charge is 0.338 e. The standard InChI is InChI=1S/C26H46NO4/c1-5-7-9-14-19-29-23-25(30-20-15-10-8-6-2)22-27(3,4)18-21-31-26(28)24-16-12-11-13-17-24/h11-13,16-17,25H,5-10,14-15,18-23H2,1-4H3/q+1. The van der Waals surface area contributed by atoms with Crippen LogP contribution in [-0.2, 0) is 14.2 Å². The molecule has 0 saturated carbocycles. The maximum Gasteiger partial charge on any atom is 0.338 e. The molecule has 0 heterocycles. The number of carbonyl (C=O) groups excluding carboxylic acids is 1. The largest absolute Gasteiger partial charge is 0.456 e. The van der Waals surface area contributed by atoms with Crippen LogP contribution in [0.1, 0.15) is 75.6 Å². The quantitative estimate of drug-likeness (QED) is 0.164. The highest BCUT2D eigenvalue weighted by atomic mass is 16.5. The number of carbonyl (C=O) groups is 1. The Bertz CT molecular complexity index is 562. The van der Waals surface area contributed by atoms with Gasteiger partial charge in [-0.15, -0.1) is 0 Å². The molecule has 0 fully saturated rings. The molecule has 0 amide bonds. The summed E-state index contributed by atoms with van der Waals surface area (Å²) in [4.78, 5) is 12.2. The van der Waals surface area contributed by atoms with Crippen molar-refractivity contribution in [1.29, 1.82) is 0 Å². The number of quaternary nitrogens is 1. The minimum Gasteiger partial charge on any atom is -0.456 e. The third-order valence-electron chi connectivity index (χ3n) is 5.43. The maximum atomic E-state index is 12.2. The Morgan fingerprint density at radius 3 is 2.16 bits per heavy atom. The van der Waals surface area contributed by atoms with Crippen molar-refractivity contribution in [3.63, 3.8) is 0 Å². The van der Waals surface area contributed by atoms with Crippen LogP contribution < -0.4 is 0 Å². The zero-order valence-electron chi connectivity index (χ0n) is 20.4. The summed E-state index contributed by atoms with van der Waals surface area (Å²) in [6.45, 7) is 8.63. The molecule has 0 spiro atoms. The number of rotatable bonds is 19. The first-order valence-electron chi connectivity index (χ1n) is 12.2. The summed E-state index contributed by atoms with van der Waals surface area (Å²) in [5.41, 5.74) is 0.595. The predicted octanol–water partition coefficient (Wildman–Crippen LogP) is 5.48. The Morgan fingerprint density at radius 1 is 0.871 bits per heavy atom. The molecule has 1 atom stereocenters. The van der Waals surface area contributed by atoms with E-state index in [4.69, 9.17) is 14.2 Å². The summed E-state index contributed by atoms with van der Waals surface area (Å²) in [5, 5.41) is 0. The Labute approximate surface area is 190 Å². The lowest BCUT2D eigenvalue weighted by Crippen LogP contribution is -2.49. The van der Waals surface area contributed by atoms with Crippen LogP contribution in [0.3, 0.4) is 0 Å². The van der Waals surface area contributed by atoms with E-state index in [0.717, 1.165) is 43.6 Å². The summed E-state index contributed by atoms with van der Waals surface area (Å²) in [5.74, 6) is -0.264. The summed E-state index contributed by atoms with van der Waals surface area (Å²) in [6.07, 6.45) is 9.73. The van der Waals surface area contributed by atoms with Gasteiger partial charge in [0.05, 0.1) is 26.3 Å². The van der Waals surface area contributed by atoms with Gasteiger partial charge in [-0.2, -0.15) is 0 Å². The van der Waals surface area contributed by atoms with Gasteiger partial charge in [-0.3, -0.25) is 0 Å². The topological polar surface area (TPSA) is 44.8 Å². The fourth-order valence-corrected chi connectivity index (χ4v) is 3.46. The van der Waals surface area contributed by atoms with Crippen molar-refractivity contribution in [2.24, 2.45) is 0 Å². The van der Waals surface area contributed by atoms with Crippen LogP contribution in [0.25, 0.3) is 0 Å². The number of esters is 1. The highest BCUT2D eigenvalue weighted by molar-refractivity contribution is 5.89. The lowest BCUT2D eigenvalue weighted by molar-refractivity contribution is -0.893. The number of unbranched alkanes of at least 4 members (excludes halogenated alkanes) is 6. The summed E-state index contributed by atoms with van der Waals surface area (Å²) >= 11 is 0. The van der Waals surface area contributed by atoms with Crippen LogP contribution in [-0.4, -0.2) is 70.2 Å². The molecule has 0 N–H and O–H groups in total. The molecular formula is C26H46NO4+. The molecule has 0 aliphatic rings. The van der Waals surface area contributed by atoms with Crippen molar-refractivity contribution in [3.8, 4) is 0 Å². The van der Waals surface area contributed by atoms with Gasteiger partial charge in [-0.05, 0) is 25.0 Å². The lowest BCUT2D eigenvalue weighted by atomic mass is 10.2. The van der Waals surface area contributed by atoms with Gasteiger partial charge in [0, 0.05) is 13.2 Å². The molecule has 178 valence electrons. The van der Waals surface area contributed by atoms with E-state index in [2.05, 4.69) is 27.9 Å². The monoisotopic (exact) mass is 436 g/mol. The van der Waals surface area contributed by atoms with E-state index in [0.29, 0.717) is 18.8 Å². The Kier molecular flexibility index (Phi) is 15.3. The van der Waals surface area contributed by atoms with E-state index in [1.807, 2.05) is 18.2 Å². The van der Waals surface area contributed by atoms with E-state index in [9.17, 15) is 4.79 Å². The molecule has 0 aliphatic heterocycles. The molecule has 0 bridgehead atoms. The first-order chi connectivity index (χ1) is 15.0. The average molecular weight is 437 g/mol. The zero-order valence-corrected chi connectivity index (χ0v) is 20.4. The molecule has 1 aromatic rings. The first-order valence-corrected chi connectivity index (χ1v) is 12.2. The predicted molar refractivity (Wildman–Crippen MR) is 127 cm³/mol. The van der Waals surface area contributed by atoms with Gasteiger partial charge < -0.3 is 18.7 Å². The fourth-order valence-electron chi connectivity index (χ4n) is 3.46. The second-order valence-corrected chi connectivity index (χ2v) is 9.03. The van der Waals surface area contributed by atoms with Crippen molar-refractivity contribution in [2.75, 3.05) is 53.6 Å². The van der Waals surface area contributed by atoms with Gasteiger partial charge in [-0.1, -0.05) is 70.6 Å². The first kappa shape index (κ1) is 27.6. The molecule has 0 aliphatic carbocycles. The van der Waals surface area contributed by atoms with E-state index in [1.54, 1.807) is 12.1 Å².